The van der Waals surface area contributed by atoms with Gasteiger partial charge in [-0.25, -0.2) is 9.59 Å². The number of carboxylic acid groups (broad SMARTS) is 4. The molecular formula is C27H27O12P. The predicted molar refractivity (Wildman–Crippen MR) is 143 cm³/mol. The zero-order chi connectivity index (χ0) is 29.9. The molecule has 12 nitrogen and oxygen atoms in total. The zero-order valence-corrected chi connectivity index (χ0v) is 21.8. The lowest BCUT2D eigenvalue weighted by molar-refractivity contribution is -0.147. The minimum absolute atomic E-state index is 0.0833. The third-order valence-electron chi connectivity index (χ3n) is 5.40. The summed E-state index contributed by atoms with van der Waals surface area (Å²) in [5, 5.41) is 50.8. The molecule has 1 aliphatic rings. The van der Waals surface area contributed by atoms with Gasteiger partial charge in [0.15, 0.2) is 0 Å². The molecule has 0 amide bonds. The Bertz CT molecular complexity index is 1370. The molecule has 0 aromatic heterocycles. The second-order valence-electron chi connectivity index (χ2n) is 8.23. The van der Waals surface area contributed by atoms with E-state index in [1.54, 1.807) is 36.4 Å². The zero-order valence-electron chi connectivity index (χ0n) is 20.9. The van der Waals surface area contributed by atoms with Crippen LogP contribution in [0.1, 0.15) is 27.1 Å². The van der Waals surface area contributed by atoms with Crippen LogP contribution in [-0.2, 0) is 14.2 Å². The van der Waals surface area contributed by atoms with Gasteiger partial charge >= 0.3 is 23.9 Å². The summed E-state index contributed by atoms with van der Waals surface area (Å²) >= 11 is 0. The predicted octanol–water partition coefficient (Wildman–Crippen LogP) is 2.88. The number of carbonyl (C=O) groups is 4. The summed E-state index contributed by atoms with van der Waals surface area (Å²) in [7, 11) is -3.55. The first-order valence-corrected chi connectivity index (χ1v) is 13.4. The molecule has 1 heterocycles. The van der Waals surface area contributed by atoms with E-state index in [4.69, 9.17) is 30.1 Å². The smallest absolute Gasteiger partial charge is 0.335 e. The topological polar surface area (TPSA) is 216 Å². The normalized spacial score (nSPS) is 15.2. The Balaban J connectivity index is 0.000000292. The van der Waals surface area contributed by atoms with E-state index in [1.807, 2.05) is 12.1 Å². The number of hydrogen-bond donors (Lipinski definition) is 6. The maximum absolute atomic E-state index is 13.4. The quantitative estimate of drug-likeness (QED) is 0.214. The highest BCUT2D eigenvalue weighted by molar-refractivity contribution is 7.67. The van der Waals surface area contributed by atoms with Crippen LogP contribution in [0.4, 0.5) is 0 Å². The van der Waals surface area contributed by atoms with Gasteiger partial charge in [-0.1, -0.05) is 36.4 Å². The van der Waals surface area contributed by atoms with Gasteiger partial charge in [0.25, 0.3) is 7.37 Å². The summed E-state index contributed by atoms with van der Waals surface area (Å²) in [6.07, 6.45) is -0.966. The van der Waals surface area contributed by atoms with Crippen LogP contribution < -0.4 is 9.83 Å². The van der Waals surface area contributed by atoms with Crippen molar-refractivity contribution in [2.45, 2.75) is 6.42 Å². The Labute approximate surface area is 228 Å². The number of benzene rings is 3. The van der Waals surface area contributed by atoms with Gasteiger partial charge in [0.05, 0.1) is 48.1 Å². The maximum Gasteiger partial charge on any atom is 0.335 e. The number of hydrogen-bond acceptors (Lipinski definition) is 8. The van der Waals surface area contributed by atoms with Crippen LogP contribution in [0, 0.1) is 5.92 Å². The average molecular weight is 574 g/mol. The van der Waals surface area contributed by atoms with E-state index in [1.165, 1.54) is 24.3 Å². The highest BCUT2D eigenvalue weighted by Gasteiger charge is 2.40. The molecule has 40 heavy (non-hydrogen) atoms. The summed E-state index contributed by atoms with van der Waals surface area (Å²) < 4.78 is 19.1. The van der Waals surface area contributed by atoms with Crippen molar-refractivity contribution >= 4 is 36.6 Å². The highest BCUT2D eigenvalue weighted by Crippen LogP contribution is 2.55. The average Bonchev–Trinajstić information content (AvgIpc) is 2.93. The first kappa shape index (κ1) is 31.7. The number of fused-ring (bicyclic) bond motifs is 3. The number of aliphatic carboxylic acids is 2. The van der Waals surface area contributed by atoms with Crippen molar-refractivity contribution in [3.63, 3.8) is 0 Å². The van der Waals surface area contributed by atoms with Crippen molar-refractivity contribution < 1.29 is 58.9 Å². The Morgan fingerprint density at radius 2 is 1.18 bits per heavy atom. The first-order chi connectivity index (χ1) is 18.9. The molecule has 3 aromatic carbocycles. The molecule has 0 saturated carbocycles. The van der Waals surface area contributed by atoms with Crippen molar-refractivity contribution in [2.24, 2.45) is 5.92 Å². The Morgan fingerprint density at radius 1 is 0.700 bits per heavy atom. The van der Waals surface area contributed by atoms with Gasteiger partial charge in [-0.2, -0.15) is 0 Å². The van der Waals surface area contributed by atoms with Gasteiger partial charge in [0, 0.05) is 5.56 Å². The molecule has 2 unspecified atom stereocenters. The molecule has 4 rings (SSSR count). The highest BCUT2D eigenvalue weighted by atomic mass is 31.2. The number of para-hydroxylation sites is 1. The number of carboxylic acids is 4. The molecule has 13 heteroatoms. The Kier molecular flexibility index (Phi) is 11.6. The number of aromatic carboxylic acids is 2. The lowest BCUT2D eigenvalue weighted by Crippen LogP contribution is -2.28. The largest absolute Gasteiger partial charge is 0.481 e. The van der Waals surface area contributed by atoms with Gasteiger partial charge < -0.3 is 35.2 Å². The summed E-state index contributed by atoms with van der Waals surface area (Å²) in [6, 6.07) is 19.1. The summed E-state index contributed by atoms with van der Waals surface area (Å²) in [5.74, 6) is -5.54. The molecule has 3 aromatic rings. The lowest BCUT2D eigenvalue weighted by atomic mass is 10.0. The van der Waals surface area contributed by atoms with Gasteiger partial charge in [-0.05, 0) is 42.0 Å². The SMILES string of the molecule is O=C(O)CC(CP1(=O)Oc2ccccc2-c2ccccc21)C(=O)O.O=C(O)c1ccc(C(=O)O)cc1.OCCO. The summed E-state index contributed by atoms with van der Waals surface area (Å²) in [5.41, 5.74) is 1.67. The second kappa shape index (κ2) is 14.6. The van der Waals surface area contributed by atoms with Crippen LogP contribution in [0.5, 0.6) is 5.75 Å². The fourth-order valence-electron chi connectivity index (χ4n) is 3.60. The number of rotatable bonds is 8. The van der Waals surface area contributed by atoms with Gasteiger partial charge in [-0.15, -0.1) is 0 Å². The number of aliphatic hydroxyl groups is 2. The van der Waals surface area contributed by atoms with Gasteiger partial charge in [-0.3, -0.25) is 14.2 Å². The lowest BCUT2D eigenvalue weighted by Gasteiger charge is -2.29. The summed E-state index contributed by atoms with van der Waals surface area (Å²) in [6.45, 7) is -0.250. The van der Waals surface area contributed by atoms with Crippen molar-refractivity contribution in [3.05, 3.63) is 83.9 Å². The van der Waals surface area contributed by atoms with Crippen LogP contribution in [0.25, 0.3) is 11.1 Å². The van der Waals surface area contributed by atoms with Crippen LogP contribution in [0.2, 0.25) is 0 Å². The minimum atomic E-state index is -3.55. The van der Waals surface area contributed by atoms with Gasteiger partial charge in [0.2, 0.25) is 0 Å². The molecule has 0 bridgehead atoms. The molecule has 0 spiro atoms. The van der Waals surface area contributed by atoms with Crippen molar-refractivity contribution in [3.8, 4) is 16.9 Å². The molecule has 2 atom stereocenters. The molecule has 0 fully saturated rings. The monoisotopic (exact) mass is 574 g/mol. The van der Waals surface area contributed by atoms with E-state index in [2.05, 4.69) is 0 Å². The Morgan fingerprint density at radius 3 is 1.62 bits per heavy atom. The van der Waals surface area contributed by atoms with E-state index in [0.29, 0.717) is 11.1 Å². The molecule has 0 radical (unpaired) electrons. The first-order valence-electron chi connectivity index (χ1n) is 11.6. The van der Waals surface area contributed by atoms with Crippen LogP contribution >= 0.6 is 7.37 Å². The Hall–Kier alpha value is -4.51. The fraction of sp³-hybridized carbons (Fsp3) is 0.185. The van der Waals surface area contributed by atoms with Crippen molar-refractivity contribution in [1.29, 1.82) is 0 Å². The second-order valence-corrected chi connectivity index (χ2v) is 10.6. The van der Waals surface area contributed by atoms with Crippen molar-refractivity contribution in [2.75, 3.05) is 19.4 Å². The molecule has 1 aliphatic heterocycles. The van der Waals surface area contributed by atoms with E-state index in [0.717, 1.165) is 11.1 Å². The molecule has 6 N–H and O–H groups in total. The van der Waals surface area contributed by atoms with E-state index >= 15 is 0 Å². The number of aliphatic hydroxyl groups excluding tert-OH is 2. The molecular weight excluding hydrogens is 547 g/mol. The standard InChI is InChI=1S/C17H15O6P.C8H6O4.C2H6O2/c18-16(19)9-11(17(20)21)10-24(22)15-8-4-2-6-13(15)12-5-1-3-7-14(12)23-24;9-7(10)5-1-2-6(4-3-5)8(11)12;3-1-2-4/h1-8,11H,9-10H2,(H,18,19)(H,20,21);1-4H,(H,9,10)(H,11,12);3-4H,1-2H2. The van der Waals surface area contributed by atoms with Crippen molar-refractivity contribution in [1.82, 2.24) is 0 Å². The minimum Gasteiger partial charge on any atom is -0.481 e. The van der Waals surface area contributed by atoms with Crippen LogP contribution in [0.15, 0.2) is 72.8 Å². The molecule has 212 valence electrons. The fourth-order valence-corrected chi connectivity index (χ4v) is 6.18. The summed E-state index contributed by atoms with van der Waals surface area (Å²) in [4.78, 5) is 42.9. The van der Waals surface area contributed by atoms with E-state index in [9.17, 15) is 28.8 Å². The van der Waals surface area contributed by atoms with Crippen LogP contribution in [-0.4, -0.2) is 73.9 Å². The third-order valence-corrected chi connectivity index (χ3v) is 7.94. The van der Waals surface area contributed by atoms with E-state index in [-0.39, 0.29) is 30.5 Å². The van der Waals surface area contributed by atoms with Crippen LogP contribution in [0.3, 0.4) is 0 Å². The molecule has 0 aliphatic carbocycles. The maximum atomic E-state index is 13.4. The molecule has 0 saturated heterocycles. The third kappa shape index (κ3) is 8.50. The van der Waals surface area contributed by atoms with Gasteiger partial charge in [0.1, 0.15) is 5.75 Å². The van der Waals surface area contributed by atoms with E-state index < -0.39 is 43.6 Å².